The Morgan fingerprint density at radius 2 is 1.62 bits per heavy atom. The predicted octanol–water partition coefficient (Wildman–Crippen LogP) is 8.03. The standard InChI is InChI=1S/C39H54O6/c1-23-16-19-39(34(43)44)21-20-37(6)27(32(39)24(23)2)13-14-30-36(5)22-28(41)33(35(3,4)29(36)17-18-38(30,37)7)45-31(42)15-10-25-8-11-26(40)12-9-25/h8-13,15,23-24,28-30,32-33,40-41H,14,16-22H2,1-7H3,(H,43,44)/t23-,24-,28+,29-,30-,32-,33+,36-,37-,38+,39+/m0/s1. The van der Waals surface area contributed by atoms with Gasteiger partial charge in [-0.1, -0.05) is 72.2 Å². The number of aliphatic carboxylic acids is 1. The number of allylic oxidation sites excluding steroid dienone is 2. The zero-order chi connectivity index (χ0) is 32.7. The van der Waals surface area contributed by atoms with Crippen molar-refractivity contribution < 1.29 is 29.6 Å². The summed E-state index contributed by atoms with van der Waals surface area (Å²) in [7, 11) is 0. The molecule has 0 aromatic heterocycles. The highest BCUT2D eigenvalue weighted by Gasteiger charge is 2.70. The van der Waals surface area contributed by atoms with Gasteiger partial charge in [0.05, 0.1) is 11.5 Å². The van der Waals surface area contributed by atoms with Crippen molar-refractivity contribution in [1.82, 2.24) is 0 Å². The number of carboxylic acids is 1. The summed E-state index contributed by atoms with van der Waals surface area (Å²) >= 11 is 0. The lowest BCUT2D eigenvalue weighted by Crippen LogP contribution is -2.67. The molecule has 1 aromatic carbocycles. The van der Waals surface area contributed by atoms with Gasteiger partial charge in [0, 0.05) is 11.5 Å². The fourth-order valence-electron chi connectivity index (χ4n) is 12.1. The molecular formula is C39H54O6. The summed E-state index contributed by atoms with van der Waals surface area (Å²) in [4.78, 5) is 26.0. The van der Waals surface area contributed by atoms with Crippen LogP contribution in [0.1, 0.15) is 105 Å². The summed E-state index contributed by atoms with van der Waals surface area (Å²) < 4.78 is 6.05. The molecule has 0 heterocycles. The van der Waals surface area contributed by atoms with Gasteiger partial charge in [0.25, 0.3) is 0 Å². The molecule has 246 valence electrons. The summed E-state index contributed by atoms with van der Waals surface area (Å²) in [6.45, 7) is 16.2. The van der Waals surface area contributed by atoms with E-state index in [4.69, 9.17) is 4.74 Å². The molecule has 0 bridgehead atoms. The minimum absolute atomic E-state index is 0.0143. The zero-order valence-electron chi connectivity index (χ0n) is 28.3. The molecule has 5 aliphatic rings. The Balaban J connectivity index is 1.29. The number of hydrogen-bond acceptors (Lipinski definition) is 5. The van der Waals surface area contributed by atoms with E-state index in [9.17, 15) is 24.9 Å². The van der Waals surface area contributed by atoms with Gasteiger partial charge in [-0.15, -0.1) is 0 Å². The molecule has 6 nitrogen and oxygen atoms in total. The molecule has 0 unspecified atom stereocenters. The number of rotatable bonds is 4. The van der Waals surface area contributed by atoms with Crippen molar-refractivity contribution in [2.45, 2.75) is 112 Å². The van der Waals surface area contributed by atoms with Crippen LogP contribution in [0.4, 0.5) is 0 Å². The maximum absolute atomic E-state index is 13.0. The molecule has 0 amide bonds. The van der Waals surface area contributed by atoms with Crippen LogP contribution >= 0.6 is 0 Å². The second-order valence-corrected chi connectivity index (χ2v) is 17.0. The van der Waals surface area contributed by atoms with Gasteiger partial charge in [0.1, 0.15) is 11.9 Å². The van der Waals surface area contributed by atoms with Crippen LogP contribution in [0.25, 0.3) is 6.08 Å². The number of phenols is 1. The Morgan fingerprint density at radius 3 is 2.29 bits per heavy atom. The van der Waals surface area contributed by atoms with Crippen molar-refractivity contribution in [2.75, 3.05) is 0 Å². The van der Waals surface area contributed by atoms with E-state index in [1.54, 1.807) is 30.3 Å². The lowest BCUT2D eigenvalue weighted by molar-refractivity contribution is -0.238. The molecule has 4 fully saturated rings. The number of aliphatic hydroxyl groups is 1. The molecule has 5 aliphatic carbocycles. The Bertz CT molecular complexity index is 1410. The molecule has 0 aliphatic heterocycles. The quantitative estimate of drug-likeness (QED) is 0.179. The number of carboxylic acid groups (broad SMARTS) is 1. The van der Waals surface area contributed by atoms with Crippen LogP contribution in [0.15, 0.2) is 42.0 Å². The summed E-state index contributed by atoms with van der Waals surface area (Å²) in [6.07, 6.45) is 11.1. The molecule has 45 heavy (non-hydrogen) atoms. The lowest BCUT2D eigenvalue weighted by atomic mass is 9.33. The Morgan fingerprint density at radius 1 is 0.933 bits per heavy atom. The third-order valence-electron chi connectivity index (χ3n) is 14.9. The first kappa shape index (κ1) is 32.3. The van der Waals surface area contributed by atoms with Crippen molar-refractivity contribution in [3.05, 3.63) is 47.6 Å². The second kappa shape index (κ2) is 10.7. The molecule has 1 aromatic rings. The van der Waals surface area contributed by atoms with Crippen molar-refractivity contribution in [1.29, 1.82) is 0 Å². The average molecular weight is 619 g/mol. The predicted molar refractivity (Wildman–Crippen MR) is 175 cm³/mol. The van der Waals surface area contributed by atoms with Crippen molar-refractivity contribution in [3.63, 3.8) is 0 Å². The maximum Gasteiger partial charge on any atom is 0.331 e. The fraction of sp³-hybridized carbons (Fsp3) is 0.692. The smallest absolute Gasteiger partial charge is 0.331 e. The van der Waals surface area contributed by atoms with Gasteiger partial charge in [-0.05, 0) is 121 Å². The van der Waals surface area contributed by atoms with E-state index < -0.39 is 35.0 Å². The number of benzene rings is 1. The largest absolute Gasteiger partial charge is 0.508 e. The maximum atomic E-state index is 13.0. The van der Waals surface area contributed by atoms with Gasteiger partial charge < -0.3 is 20.1 Å². The lowest BCUT2D eigenvalue weighted by Gasteiger charge is -2.71. The van der Waals surface area contributed by atoms with Crippen LogP contribution in [0, 0.1) is 56.7 Å². The van der Waals surface area contributed by atoms with Crippen LogP contribution in [0.2, 0.25) is 0 Å². The number of ether oxygens (including phenoxy) is 1. The third kappa shape index (κ3) is 4.58. The van der Waals surface area contributed by atoms with E-state index in [1.165, 1.54) is 11.6 Å². The van der Waals surface area contributed by atoms with Gasteiger partial charge in [-0.25, -0.2) is 4.79 Å². The number of carbonyl (C=O) groups is 2. The van der Waals surface area contributed by atoms with Gasteiger partial charge in [-0.2, -0.15) is 0 Å². The number of phenolic OH excluding ortho intramolecular Hbond substituents is 1. The summed E-state index contributed by atoms with van der Waals surface area (Å²) in [5.74, 6) is 0.617. The van der Waals surface area contributed by atoms with Crippen LogP contribution in [-0.2, 0) is 14.3 Å². The average Bonchev–Trinajstić information content (AvgIpc) is 2.97. The Kier molecular flexibility index (Phi) is 7.70. The van der Waals surface area contributed by atoms with Crippen molar-refractivity contribution >= 4 is 18.0 Å². The van der Waals surface area contributed by atoms with Crippen molar-refractivity contribution in [2.24, 2.45) is 56.7 Å². The van der Waals surface area contributed by atoms with E-state index in [-0.39, 0.29) is 33.8 Å². The molecule has 11 atom stereocenters. The van der Waals surface area contributed by atoms with Gasteiger partial charge in [0.15, 0.2) is 0 Å². The highest BCUT2D eigenvalue weighted by molar-refractivity contribution is 5.87. The molecular weight excluding hydrogens is 564 g/mol. The SMILES string of the molecule is C[C@@H]1[C@H]2C3=CC[C@H]4[C@@]5(C)C[C@@H](O)[C@@H](OC(=O)C=Cc6ccc(O)cc6)C(C)(C)[C@@H]5CC[C@@]4(C)[C@@]3(C)CC[C@]2(C(=O)O)CC[C@@H]1C. The molecule has 6 rings (SSSR count). The number of aliphatic hydroxyl groups excluding tert-OH is 1. The zero-order valence-corrected chi connectivity index (χ0v) is 28.3. The number of aromatic hydroxyl groups is 1. The summed E-state index contributed by atoms with van der Waals surface area (Å²) in [5, 5.41) is 32.0. The first-order valence-corrected chi connectivity index (χ1v) is 17.3. The van der Waals surface area contributed by atoms with E-state index in [0.29, 0.717) is 24.2 Å². The highest BCUT2D eigenvalue weighted by Crippen LogP contribution is 2.75. The van der Waals surface area contributed by atoms with Crippen LogP contribution < -0.4 is 0 Å². The minimum atomic E-state index is -0.780. The van der Waals surface area contributed by atoms with Crippen LogP contribution in [-0.4, -0.2) is 39.5 Å². The number of fused-ring (bicyclic) bond motifs is 7. The summed E-state index contributed by atoms with van der Waals surface area (Å²) in [5.41, 5.74) is 0.857. The third-order valence-corrected chi connectivity index (χ3v) is 14.9. The topological polar surface area (TPSA) is 104 Å². The van der Waals surface area contributed by atoms with Crippen LogP contribution in [0.3, 0.4) is 0 Å². The first-order valence-electron chi connectivity index (χ1n) is 17.3. The number of carbonyl (C=O) groups excluding carboxylic acids is 1. The number of esters is 1. The highest BCUT2D eigenvalue weighted by atomic mass is 16.6. The van der Waals surface area contributed by atoms with E-state index in [1.807, 2.05) is 0 Å². The molecule has 3 N–H and O–H groups in total. The van der Waals surface area contributed by atoms with E-state index in [0.717, 1.165) is 50.5 Å². The minimum Gasteiger partial charge on any atom is -0.508 e. The summed E-state index contributed by atoms with van der Waals surface area (Å²) in [6, 6.07) is 6.62. The second-order valence-electron chi connectivity index (χ2n) is 17.0. The van der Waals surface area contributed by atoms with Crippen molar-refractivity contribution in [3.8, 4) is 5.75 Å². The Labute approximate surface area is 269 Å². The van der Waals surface area contributed by atoms with Gasteiger partial charge in [-0.3, -0.25) is 4.79 Å². The Hall–Kier alpha value is -2.60. The molecule has 6 heteroatoms. The number of hydrogen-bond donors (Lipinski definition) is 3. The first-order chi connectivity index (χ1) is 21.0. The molecule has 0 spiro atoms. The fourth-order valence-corrected chi connectivity index (χ4v) is 12.1. The van der Waals surface area contributed by atoms with Gasteiger partial charge >= 0.3 is 11.9 Å². The molecule has 4 saturated carbocycles. The van der Waals surface area contributed by atoms with E-state index >= 15 is 0 Å². The van der Waals surface area contributed by atoms with E-state index in [2.05, 4.69) is 54.5 Å². The van der Waals surface area contributed by atoms with Gasteiger partial charge in [0.2, 0.25) is 0 Å². The normalized spacial score (nSPS) is 45.3. The molecule has 0 saturated heterocycles. The monoisotopic (exact) mass is 618 g/mol. The molecule has 0 radical (unpaired) electrons. The van der Waals surface area contributed by atoms with Crippen LogP contribution in [0.5, 0.6) is 5.75 Å².